The van der Waals surface area contributed by atoms with Gasteiger partial charge in [0.2, 0.25) is 0 Å². The zero-order valence-electron chi connectivity index (χ0n) is 16.2. The van der Waals surface area contributed by atoms with Gasteiger partial charge >= 0.3 is 17.8 Å². The Bertz CT molecular complexity index is 849. The number of rotatable bonds is 11. The summed E-state index contributed by atoms with van der Waals surface area (Å²) >= 11 is 0. The minimum atomic E-state index is -4.86. The van der Waals surface area contributed by atoms with Crippen molar-refractivity contribution in [3.05, 3.63) is 44.8 Å². The lowest BCUT2D eigenvalue weighted by molar-refractivity contribution is -0.173. The van der Waals surface area contributed by atoms with Crippen LogP contribution in [0.15, 0.2) is 27.9 Å². The van der Waals surface area contributed by atoms with Crippen molar-refractivity contribution in [3.63, 3.8) is 0 Å². The van der Waals surface area contributed by atoms with Crippen LogP contribution >= 0.6 is 0 Å². The van der Waals surface area contributed by atoms with Crippen LogP contribution in [-0.2, 0) is 16.1 Å². The van der Waals surface area contributed by atoms with Crippen LogP contribution in [0.3, 0.4) is 0 Å². The Labute approximate surface area is 169 Å². The van der Waals surface area contributed by atoms with Gasteiger partial charge in [0.25, 0.3) is 5.56 Å². The molecule has 0 bridgehead atoms. The molecular weight excluding hydrogens is 409 g/mol. The highest BCUT2D eigenvalue weighted by Gasteiger charge is 2.38. The molecule has 12 heteroatoms. The Morgan fingerprint density at radius 2 is 1.87 bits per heavy atom. The molecule has 0 radical (unpaired) electrons. The highest BCUT2D eigenvalue weighted by molar-refractivity contribution is 5.81. The number of hydrogen-bond donors (Lipinski definition) is 4. The number of H-pyrrole nitrogens is 1. The van der Waals surface area contributed by atoms with E-state index in [0.29, 0.717) is 24.9 Å². The first-order valence-corrected chi connectivity index (χ1v) is 9.57. The summed E-state index contributed by atoms with van der Waals surface area (Å²) in [5, 5.41) is 14.0. The van der Waals surface area contributed by atoms with Crippen LogP contribution in [0.2, 0.25) is 0 Å². The van der Waals surface area contributed by atoms with Crippen molar-refractivity contribution < 1.29 is 27.8 Å². The summed E-state index contributed by atoms with van der Waals surface area (Å²) in [6.07, 6.45) is 1.17. The van der Waals surface area contributed by atoms with Crippen molar-refractivity contribution in [1.82, 2.24) is 20.2 Å². The molecule has 1 amide bonds. The number of unbranched alkanes of at least 4 members (excludes halogenated alkanes) is 3. The first kappa shape index (κ1) is 23.8. The number of ether oxygens (including phenoxy) is 1. The van der Waals surface area contributed by atoms with Crippen molar-refractivity contribution in [3.8, 4) is 0 Å². The molecule has 0 aliphatic carbocycles. The lowest BCUT2D eigenvalue weighted by atomic mass is 10.2. The standard InChI is InChI=1S/C18H25F3N4O5/c19-18(20,21)16(28)23-8-4-2-1-3-7-22-9-12-10-25(17(29)24-15(12)27)14-6-5-13(11-26)30-14/h5-6,10,13-14,22,26H,1-4,7-9,11H2,(H,23,28)(H,24,27,29)/t13-,14+/m0/s1. The van der Waals surface area contributed by atoms with Gasteiger partial charge < -0.3 is 20.5 Å². The van der Waals surface area contributed by atoms with Gasteiger partial charge in [-0.05, 0) is 25.5 Å². The molecule has 0 saturated carbocycles. The minimum absolute atomic E-state index is 0.0302. The number of aliphatic hydroxyl groups is 1. The van der Waals surface area contributed by atoms with E-state index < -0.39 is 35.7 Å². The molecule has 0 saturated heterocycles. The van der Waals surface area contributed by atoms with E-state index in [0.717, 1.165) is 12.8 Å². The van der Waals surface area contributed by atoms with Crippen molar-refractivity contribution in [2.45, 2.75) is 50.7 Å². The average Bonchev–Trinajstić information content (AvgIpc) is 3.16. The van der Waals surface area contributed by atoms with Crippen LogP contribution in [0.5, 0.6) is 0 Å². The van der Waals surface area contributed by atoms with Crippen LogP contribution < -0.4 is 21.9 Å². The molecule has 0 aromatic carbocycles. The lowest BCUT2D eigenvalue weighted by Crippen LogP contribution is -2.37. The maximum Gasteiger partial charge on any atom is 0.471 e. The number of nitrogens with zero attached hydrogens (tertiary/aromatic N) is 1. The predicted octanol–water partition coefficient (Wildman–Crippen LogP) is 0.311. The molecule has 0 spiro atoms. The molecule has 30 heavy (non-hydrogen) atoms. The molecule has 2 atom stereocenters. The van der Waals surface area contributed by atoms with Gasteiger partial charge in [0.1, 0.15) is 6.10 Å². The fourth-order valence-corrected chi connectivity index (χ4v) is 2.85. The number of hydrogen-bond acceptors (Lipinski definition) is 6. The smallest absolute Gasteiger partial charge is 0.393 e. The van der Waals surface area contributed by atoms with Gasteiger partial charge in [-0.3, -0.25) is 19.1 Å². The molecule has 2 rings (SSSR count). The van der Waals surface area contributed by atoms with Gasteiger partial charge in [-0.25, -0.2) is 4.79 Å². The predicted molar refractivity (Wildman–Crippen MR) is 101 cm³/mol. The molecule has 1 aromatic heterocycles. The van der Waals surface area contributed by atoms with Gasteiger partial charge in [-0.15, -0.1) is 0 Å². The van der Waals surface area contributed by atoms with E-state index in [1.54, 1.807) is 12.2 Å². The molecule has 0 unspecified atom stereocenters. The van der Waals surface area contributed by atoms with E-state index in [9.17, 15) is 27.6 Å². The first-order valence-electron chi connectivity index (χ1n) is 9.57. The van der Waals surface area contributed by atoms with Crippen LogP contribution in [0.4, 0.5) is 13.2 Å². The van der Waals surface area contributed by atoms with E-state index in [1.807, 2.05) is 5.32 Å². The largest absolute Gasteiger partial charge is 0.471 e. The topological polar surface area (TPSA) is 125 Å². The Balaban J connectivity index is 1.68. The van der Waals surface area contributed by atoms with Crippen molar-refractivity contribution in [1.29, 1.82) is 0 Å². The van der Waals surface area contributed by atoms with Crippen molar-refractivity contribution in [2.75, 3.05) is 19.7 Å². The molecule has 1 aliphatic heterocycles. The van der Waals surface area contributed by atoms with E-state index in [1.165, 1.54) is 10.8 Å². The maximum absolute atomic E-state index is 12.0. The Hall–Kier alpha value is -2.44. The number of carbonyl (C=O) groups excluding carboxylic acids is 1. The average molecular weight is 434 g/mol. The summed E-state index contributed by atoms with van der Waals surface area (Å²) in [7, 11) is 0. The third-order valence-corrected chi connectivity index (χ3v) is 4.44. The molecule has 0 fully saturated rings. The number of aromatic amines is 1. The third kappa shape index (κ3) is 7.11. The van der Waals surface area contributed by atoms with Crippen LogP contribution in [0.1, 0.15) is 37.5 Å². The van der Waals surface area contributed by atoms with Crippen LogP contribution in [0.25, 0.3) is 0 Å². The van der Waals surface area contributed by atoms with E-state index in [-0.39, 0.29) is 19.7 Å². The van der Waals surface area contributed by atoms with E-state index >= 15 is 0 Å². The number of halogens is 3. The Morgan fingerprint density at radius 1 is 1.17 bits per heavy atom. The zero-order valence-corrected chi connectivity index (χ0v) is 16.2. The molecular formula is C18H25F3N4O5. The second kappa shape index (κ2) is 11.1. The Morgan fingerprint density at radius 3 is 2.50 bits per heavy atom. The number of aliphatic hydroxyl groups excluding tert-OH is 1. The number of amides is 1. The summed E-state index contributed by atoms with van der Waals surface area (Å²) in [6.45, 7) is 0.544. The molecule has 4 N–H and O–H groups in total. The highest BCUT2D eigenvalue weighted by Crippen LogP contribution is 2.19. The van der Waals surface area contributed by atoms with Gasteiger partial charge in [-0.1, -0.05) is 18.9 Å². The van der Waals surface area contributed by atoms with Crippen molar-refractivity contribution >= 4 is 5.91 Å². The van der Waals surface area contributed by atoms with Gasteiger partial charge in [0.15, 0.2) is 6.23 Å². The summed E-state index contributed by atoms with van der Waals surface area (Å²) in [5.74, 6) is -1.93. The minimum Gasteiger partial charge on any atom is -0.393 e. The van der Waals surface area contributed by atoms with Crippen LogP contribution in [0, 0.1) is 0 Å². The summed E-state index contributed by atoms with van der Waals surface area (Å²) < 4.78 is 42.8. The summed E-state index contributed by atoms with van der Waals surface area (Å²) in [6, 6.07) is 0. The third-order valence-electron chi connectivity index (χ3n) is 4.44. The van der Waals surface area contributed by atoms with E-state index in [4.69, 9.17) is 9.84 Å². The van der Waals surface area contributed by atoms with Crippen molar-refractivity contribution in [2.24, 2.45) is 0 Å². The monoisotopic (exact) mass is 434 g/mol. The molecule has 9 nitrogen and oxygen atoms in total. The maximum atomic E-state index is 12.0. The number of nitrogens with one attached hydrogen (secondary N) is 3. The zero-order chi connectivity index (χ0) is 22.1. The second-order valence-electron chi connectivity index (χ2n) is 6.80. The molecule has 2 heterocycles. The molecule has 1 aromatic rings. The highest BCUT2D eigenvalue weighted by atomic mass is 19.4. The number of alkyl halides is 3. The fourth-order valence-electron chi connectivity index (χ4n) is 2.85. The normalized spacial score (nSPS) is 18.7. The van der Waals surface area contributed by atoms with Gasteiger partial charge in [-0.2, -0.15) is 13.2 Å². The first-order chi connectivity index (χ1) is 14.2. The second-order valence-corrected chi connectivity index (χ2v) is 6.80. The summed E-state index contributed by atoms with van der Waals surface area (Å²) in [4.78, 5) is 36.8. The van der Waals surface area contributed by atoms with Crippen LogP contribution in [-0.4, -0.2) is 52.5 Å². The summed E-state index contributed by atoms with van der Waals surface area (Å²) in [5.41, 5.74) is -0.784. The fraction of sp³-hybridized carbons (Fsp3) is 0.611. The van der Waals surface area contributed by atoms with E-state index in [2.05, 4.69) is 10.3 Å². The quantitative estimate of drug-likeness (QED) is 0.294. The number of carbonyl (C=O) groups is 1. The molecule has 168 valence electrons. The lowest BCUT2D eigenvalue weighted by Gasteiger charge is -2.15. The van der Waals surface area contributed by atoms with Gasteiger partial charge in [0.05, 0.1) is 6.61 Å². The molecule has 1 aliphatic rings. The Kier molecular flexibility index (Phi) is 8.81. The number of aromatic nitrogens is 2. The van der Waals surface area contributed by atoms with Gasteiger partial charge in [0, 0.05) is 24.8 Å². The SMILES string of the molecule is O=C(NCCCCCCNCc1cn([C@H]2C=C[C@@H](CO)O2)c(=O)[nH]c1=O)C(F)(F)F.